The molecule has 1 amide bonds. The summed E-state index contributed by atoms with van der Waals surface area (Å²) in [5, 5.41) is 2.98. The molecule has 7 nitrogen and oxygen atoms in total. The van der Waals surface area contributed by atoms with Crippen molar-refractivity contribution in [2.24, 2.45) is 4.99 Å². The van der Waals surface area contributed by atoms with Gasteiger partial charge in [0.15, 0.2) is 11.5 Å². The molecule has 0 spiro atoms. The maximum Gasteiger partial charge on any atom is 0.238 e. The van der Waals surface area contributed by atoms with E-state index in [0.717, 1.165) is 35.5 Å². The third-order valence-corrected chi connectivity index (χ3v) is 5.83. The first-order valence-electron chi connectivity index (χ1n) is 11.6. The molecule has 0 bridgehead atoms. The highest BCUT2D eigenvalue weighted by Crippen LogP contribution is 2.42. The topological polar surface area (TPSA) is 72.4 Å². The van der Waals surface area contributed by atoms with Crippen LogP contribution in [0.3, 0.4) is 0 Å². The van der Waals surface area contributed by atoms with Crippen LogP contribution < -0.4 is 19.5 Å². The van der Waals surface area contributed by atoms with E-state index in [2.05, 4.69) is 10.2 Å². The molecule has 0 fully saturated rings. The Balaban J connectivity index is 1.67. The van der Waals surface area contributed by atoms with Gasteiger partial charge >= 0.3 is 0 Å². The summed E-state index contributed by atoms with van der Waals surface area (Å²) in [6.07, 6.45) is 0.954. The van der Waals surface area contributed by atoms with Crippen LogP contribution in [0.15, 0.2) is 71.7 Å². The molecular weight excluding hydrogens is 442 g/mol. The largest absolute Gasteiger partial charge is 0.494 e. The smallest absolute Gasteiger partial charge is 0.238 e. The van der Waals surface area contributed by atoms with Gasteiger partial charge in [0.25, 0.3) is 0 Å². The zero-order valence-corrected chi connectivity index (χ0v) is 20.6. The summed E-state index contributed by atoms with van der Waals surface area (Å²) >= 11 is 0. The predicted molar refractivity (Wildman–Crippen MR) is 139 cm³/mol. The van der Waals surface area contributed by atoms with Gasteiger partial charge in [-0.2, -0.15) is 0 Å². The molecule has 0 aliphatic carbocycles. The molecule has 7 heteroatoms. The molecule has 1 aliphatic rings. The van der Waals surface area contributed by atoms with Crippen LogP contribution in [0, 0.1) is 0 Å². The van der Waals surface area contributed by atoms with Crippen LogP contribution >= 0.6 is 0 Å². The van der Waals surface area contributed by atoms with Crippen molar-refractivity contribution in [1.29, 1.82) is 0 Å². The maximum absolute atomic E-state index is 13.2. The number of nitrogens with one attached hydrogen (secondary N) is 1. The van der Waals surface area contributed by atoms with Gasteiger partial charge in [0.2, 0.25) is 5.91 Å². The minimum atomic E-state index is -0.589. The molecular formula is C28H31N3O4. The Bertz CT molecular complexity index is 1190. The van der Waals surface area contributed by atoms with Crippen molar-refractivity contribution >= 4 is 23.0 Å². The van der Waals surface area contributed by atoms with Gasteiger partial charge in [0, 0.05) is 18.3 Å². The van der Waals surface area contributed by atoms with Crippen molar-refractivity contribution in [3.8, 4) is 17.2 Å². The molecule has 0 saturated heterocycles. The fourth-order valence-electron chi connectivity index (χ4n) is 4.09. The van der Waals surface area contributed by atoms with Crippen LogP contribution in [0.1, 0.15) is 23.5 Å². The highest BCUT2D eigenvalue weighted by atomic mass is 16.5. The molecule has 182 valence electrons. The number of nitrogens with zero attached hydrogens (tertiary/aromatic N) is 2. The second-order valence-corrected chi connectivity index (χ2v) is 8.58. The van der Waals surface area contributed by atoms with Crippen molar-refractivity contribution in [1.82, 2.24) is 4.90 Å². The van der Waals surface area contributed by atoms with Crippen molar-refractivity contribution in [2.75, 3.05) is 46.8 Å². The maximum atomic E-state index is 13.2. The summed E-state index contributed by atoms with van der Waals surface area (Å²) in [6, 6.07) is 21.0. The zero-order chi connectivity index (χ0) is 24.8. The summed E-state index contributed by atoms with van der Waals surface area (Å²) in [4.78, 5) is 20.3. The van der Waals surface area contributed by atoms with Crippen molar-refractivity contribution in [2.45, 2.75) is 12.3 Å². The van der Waals surface area contributed by atoms with Gasteiger partial charge in [-0.3, -0.25) is 9.79 Å². The monoisotopic (exact) mass is 473 g/mol. The number of fused-ring (bicyclic) bond motifs is 1. The first-order chi connectivity index (χ1) is 17.0. The second kappa shape index (κ2) is 11.1. The molecule has 0 saturated carbocycles. The Morgan fingerprint density at radius 2 is 1.66 bits per heavy atom. The minimum Gasteiger partial charge on any atom is -0.494 e. The Morgan fingerprint density at radius 1 is 0.971 bits per heavy atom. The van der Waals surface area contributed by atoms with Crippen molar-refractivity contribution in [3.05, 3.63) is 77.9 Å². The first-order valence-corrected chi connectivity index (χ1v) is 11.6. The van der Waals surface area contributed by atoms with Crippen LogP contribution in [0.5, 0.6) is 17.2 Å². The molecule has 0 radical (unpaired) electrons. The van der Waals surface area contributed by atoms with E-state index >= 15 is 0 Å². The summed E-state index contributed by atoms with van der Waals surface area (Å²) in [5.74, 6) is 1.19. The van der Waals surface area contributed by atoms with E-state index in [4.69, 9.17) is 19.2 Å². The standard InChI is InChI=1S/C28H31N3O4/c1-31(2)15-8-16-35-21-13-11-20(12-14-21)29-27(19-9-6-5-7-10-19)26-22-17-24(33-3)25(34-4)18-23(22)30-28(26)32/h5-7,9-14,17-18,26H,8,15-16H2,1-4H3,(H,30,32). The van der Waals surface area contributed by atoms with Crippen LogP contribution in [0.25, 0.3) is 0 Å². The number of rotatable bonds is 10. The third-order valence-electron chi connectivity index (χ3n) is 5.83. The molecule has 1 unspecified atom stereocenters. The number of ether oxygens (including phenoxy) is 3. The minimum absolute atomic E-state index is 0.140. The quantitative estimate of drug-likeness (QED) is 0.335. The van der Waals surface area contributed by atoms with Gasteiger partial charge in [-0.05, 0) is 62.0 Å². The lowest BCUT2D eigenvalue weighted by Gasteiger charge is -2.15. The zero-order valence-electron chi connectivity index (χ0n) is 20.6. The SMILES string of the molecule is COc1cc2c(cc1OC)C(C(=Nc1ccc(OCCCN(C)C)cc1)c1ccccc1)C(=O)N2. The van der Waals surface area contributed by atoms with E-state index in [9.17, 15) is 4.79 Å². The molecule has 1 heterocycles. The number of methoxy groups -OCH3 is 2. The first kappa shape index (κ1) is 24.3. The Labute approximate surface area is 206 Å². The van der Waals surface area contributed by atoms with E-state index < -0.39 is 5.92 Å². The Hall–Kier alpha value is -3.84. The van der Waals surface area contributed by atoms with Crippen LogP contribution in [0.2, 0.25) is 0 Å². The fourth-order valence-corrected chi connectivity index (χ4v) is 4.09. The van der Waals surface area contributed by atoms with Gasteiger partial charge < -0.3 is 24.4 Å². The molecule has 3 aromatic rings. The predicted octanol–water partition coefficient (Wildman–Crippen LogP) is 4.89. The summed E-state index contributed by atoms with van der Waals surface area (Å²) < 4.78 is 16.8. The molecule has 1 N–H and O–H groups in total. The van der Waals surface area contributed by atoms with E-state index in [-0.39, 0.29) is 5.91 Å². The highest BCUT2D eigenvalue weighted by molar-refractivity contribution is 6.24. The molecule has 4 rings (SSSR count). The lowest BCUT2D eigenvalue weighted by Crippen LogP contribution is -2.22. The molecule has 1 atom stereocenters. The van der Waals surface area contributed by atoms with Gasteiger partial charge in [-0.25, -0.2) is 0 Å². The van der Waals surface area contributed by atoms with Crippen LogP contribution in [-0.4, -0.2) is 58.0 Å². The van der Waals surface area contributed by atoms with Gasteiger partial charge in [0.1, 0.15) is 11.7 Å². The highest BCUT2D eigenvalue weighted by Gasteiger charge is 2.36. The Morgan fingerprint density at radius 3 is 2.31 bits per heavy atom. The average molecular weight is 474 g/mol. The number of amides is 1. The van der Waals surface area contributed by atoms with E-state index in [0.29, 0.717) is 29.5 Å². The lowest BCUT2D eigenvalue weighted by atomic mass is 9.90. The number of anilines is 1. The van der Waals surface area contributed by atoms with E-state index in [1.807, 2.05) is 74.8 Å². The van der Waals surface area contributed by atoms with E-state index in [1.54, 1.807) is 20.3 Å². The lowest BCUT2D eigenvalue weighted by molar-refractivity contribution is -0.115. The summed E-state index contributed by atoms with van der Waals surface area (Å²) in [7, 11) is 7.25. The molecule has 0 aromatic heterocycles. The molecule has 1 aliphatic heterocycles. The second-order valence-electron chi connectivity index (χ2n) is 8.58. The fraction of sp³-hybridized carbons (Fsp3) is 0.286. The normalized spacial score (nSPS) is 15.1. The number of carbonyl (C=O) groups is 1. The van der Waals surface area contributed by atoms with Crippen molar-refractivity contribution in [3.63, 3.8) is 0 Å². The van der Waals surface area contributed by atoms with Crippen LogP contribution in [0.4, 0.5) is 11.4 Å². The Kier molecular flexibility index (Phi) is 7.67. The summed E-state index contributed by atoms with van der Waals surface area (Å²) in [5.41, 5.74) is 3.78. The summed E-state index contributed by atoms with van der Waals surface area (Å²) in [6.45, 7) is 1.63. The number of hydrogen-bond acceptors (Lipinski definition) is 6. The average Bonchev–Trinajstić information content (AvgIpc) is 3.19. The van der Waals surface area contributed by atoms with E-state index in [1.165, 1.54) is 0 Å². The number of carbonyl (C=O) groups excluding carboxylic acids is 1. The van der Waals surface area contributed by atoms with Gasteiger partial charge in [-0.1, -0.05) is 30.3 Å². The number of aliphatic imine (C=N–C) groups is 1. The van der Waals surface area contributed by atoms with Gasteiger partial charge in [-0.15, -0.1) is 0 Å². The molecule has 3 aromatic carbocycles. The third kappa shape index (κ3) is 5.63. The number of hydrogen-bond donors (Lipinski definition) is 1. The molecule has 35 heavy (non-hydrogen) atoms. The van der Waals surface area contributed by atoms with Gasteiger partial charge in [0.05, 0.1) is 32.2 Å². The van der Waals surface area contributed by atoms with Crippen LogP contribution in [-0.2, 0) is 4.79 Å². The van der Waals surface area contributed by atoms with Crippen molar-refractivity contribution < 1.29 is 19.0 Å². The number of benzene rings is 3.